The number of nitrogens with zero attached hydrogens (tertiary/aromatic N) is 1. The van der Waals surface area contributed by atoms with Gasteiger partial charge in [0.15, 0.2) is 6.54 Å². The van der Waals surface area contributed by atoms with Crippen molar-refractivity contribution in [3.63, 3.8) is 0 Å². The first-order valence-corrected chi connectivity index (χ1v) is 10.00. The summed E-state index contributed by atoms with van der Waals surface area (Å²) in [7, 11) is 2.04. The molecule has 0 spiro atoms. The molecule has 1 saturated heterocycles. The van der Waals surface area contributed by atoms with Gasteiger partial charge in [-0.25, -0.2) is 4.79 Å². The zero-order valence-electron chi connectivity index (χ0n) is 17.1. The fourth-order valence-electron chi connectivity index (χ4n) is 3.41. The molecule has 0 aromatic heterocycles. The number of rotatable bonds is 7. The van der Waals surface area contributed by atoms with E-state index in [1.54, 1.807) is 4.90 Å². The smallest absolute Gasteiger partial charge is 0.409 e. The zero-order chi connectivity index (χ0) is 19.8. The largest absolute Gasteiger partial charge is 0.450 e. The van der Waals surface area contributed by atoms with Crippen molar-refractivity contribution in [3.8, 4) is 0 Å². The van der Waals surface area contributed by atoms with Crippen LogP contribution in [0.3, 0.4) is 0 Å². The lowest BCUT2D eigenvalue weighted by Crippen LogP contribution is -3.09. The number of likely N-dealkylation sites (N-methyl/N-ethyl adjacent to an activating group) is 1. The fourth-order valence-corrected chi connectivity index (χ4v) is 3.41. The number of benzene rings is 1. The first kappa shape index (κ1) is 21.2. The molecule has 2 rings (SSSR count). The van der Waals surface area contributed by atoms with E-state index in [1.807, 2.05) is 14.0 Å². The van der Waals surface area contributed by atoms with Gasteiger partial charge in [0, 0.05) is 24.7 Å². The molecule has 6 nitrogen and oxygen atoms in total. The van der Waals surface area contributed by atoms with E-state index in [1.165, 1.54) is 11.1 Å². The maximum Gasteiger partial charge on any atom is 0.409 e. The first-order valence-electron chi connectivity index (χ1n) is 10.00. The molecule has 2 amide bonds. The summed E-state index contributed by atoms with van der Waals surface area (Å²) >= 11 is 0. The summed E-state index contributed by atoms with van der Waals surface area (Å²) in [5.41, 5.74) is 2.58. The molecule has 1 aliphatic heterocycles. The Balaban J connectivity index is 1.71. The highest BCUT2D eigenvalue weighted by Crippen LogP contribution is 2.14. The van der Waals surface area contributed by atoms with E-state index in [-0.39, 0.29) is 18.0 Å². The molecule has 0 radical (unpaired) electrons. The Labute approximate surface area is 162 Å². The van der Waals surface area contributed by atoms with Crippen molar-refractivity contribution >= 4 is 12.0 Å². The number of piperidine rings is 1. The van der Waals surface area contributed by atoms with E-state index in [9.17, 15) is 9.59 Å². The van der Waals surface area contributed by atoms with E-state index in [2.05, 4.69) is 43.4 Å². The normalized spacial score (nSPS) is 16.3. The number of hydrogen-bond acceptors (Lipinski definition) is 3. The Kier molecular flexibility index (Phi) is 8.10. The highest BCUT2D eigenvalue weighted by molar-refractivity contribution is 5.77. The van der Waals surface area contributed by atoms with Gasteiger partial charge in [-0.1, -0.05) is 38.1 Å². The molecule has 150 valence electrons. The van der Waals surface area contributed by atoms with Gasteiger partial charge in [-0.05, 0) is 31.2 Å². The Morgan fingerprint density at radius 1 is 1.22 bits per heavy atom. The van der Waals surface area contributed by atoms with E-state index in [0.29, 0.717) is 32.2 Å². The van der Waals surface area contributed by atoms with Crippen molar-refractivity contribution in [2.75, 3.05) is 33.3 Å². The van der Waals surface area contributed by atoms with Crippen molar-refractivity contribution in [2.24, 2.45) is 0 Å². The van der Waals surface area contributed by atoms with E-state index in [0.717, 1.165) is 24.3 Å². The van der Waals surface area contributed by atoms with Crippen LogP contribution < -0.4 is 10.2 Å². The van der Waals surface area contributed by atoms with Gasteiger partial charge < -0.3 is 19.9 Å². The van der Waals surface area contributed by atoms with Crippen molar-refractivity contribution < 1.29 is 19.2 Å². The zero-order valence-corrected chi connectivity index (χ0v) is 17.1. The number of likely N-dealkylation sites (tertiary alicyclic amines) is 1. The van der Waals surface area contributed by atoms with Gasteiger partial charge in [-0.15, -0.1) is 0 Å². The predicted octanol–water partition coefficient (Wildman–Crippen LogP) is 1.56. The minimum absolute atomic E-state index is 0.0703. The van der Waals surface area contributed by atoms with Gasteiger partial charge in [0.2, 0.25) is 0 Å². The van der Waals surface area contributed by atoms with E-state index in [4.69, 9.17) is 4.74 Å². The third kappa shape index (κ3) is 6.86. The summed E-state index contributed by atoms with van der Waals surface area (Å²) in [6.07, 6.45) is 1.30. The molecular formula is C21H34N3O3+. The number of amides is 2. The molecule has 1 heterocycles. The average Bonchev–Trinajstić information content (AvgIpc) is 2.62. The van der Waals surface area contributed by atoms with E-state index >= 15 is 0 Å². The highest BCUT2D eigenvalue weighted by atomic mass is 16.6. The van der Waals surface area contributed by atoms with Gasteiger partial charge in [-0.2, -0.15) is 0 Å². The summed E-state index contributed by atoms with van der Waals surface area (Å²) < 4.78 is 5.02. The molecule has 1 fully saturated rings. The Bertz CT molecular complexity index is 608. The van der Waals surface area contributed by atoms with Crippen LogP contribution in [0.15, 0.2) is 24.3 Å². The Morgan fingerprint density at radius 2 is 1.85 bits per heavy atom. The molecule has 1 aromatic carbocycles. The van der Waals surface area contributed by atoms with Crippen LogP contribution in [-0.2, 0) is 16.1 Å². The lowest BCUT2D eigenvalue weighted by atomic mass is 10.0. The number of carbonyl (C=O) groups excluding carboxylic acids is 2. The molecule has 1 aromatic rings. The number of quaternary nitrogens is 1. The van der Waals surface area contributed by atoms with Crippen LogP contribution in [0.2, 0.25) is 0 Å². The van der Waals surface area contributed by atoms with Crippen LogP contribution in [0.25, 0.3) is 0 Å². The van der Waals surface area contributed by atoms with Crippen LogP contribution in [0.5, 0.6) is 0 Å². The second kappa shape index (κ2) is 10.3. The molecule has 0 aliphatic carbocycles. The standard InChI is InChI=1S/C21H33N3O3/c1-5-27-21(26)24-12-10-19(11-13-24)22-20(25)15-23(4)14-17-6-8-18(9-7-17)16(2)3/h6-9,16,19H,5,10-15H2,1-4H3,(H,22,25)/p+1. The SMILES string of the molecule is CCOC(=O)N1CCC(NC(=O)C[NH+](C)Cc2ccc(C(C)C)cc2)CC1. The van der Waals surface area contributed by atoms with Gasteiger partial charge >= 0.3 is 6.09 Å². The third-order valence-corrected chi connectivity index (χ3v) is 5.00. The third-order valence-electron chi connectivity index (χ3n) is 5.00. The molecule has 1 aliphatic rings. The second-order valence-corrected chi connectivity index (χ2v) is 7.73. The summed E-state index contributed by atoms with van der Waals surface area (Å²) in [5, 5.41) is 3.11. The van der Waals surface area contributed by atoms with Crippen molar-refractivity contribution in [1.82, 2.24) is 10.2 Å². The molecule has 6 heteroatoms. The van der Waals surface area contributed by atoms with Crippen LogP contribution in [0, 0.1) is 0 Å². The van der Waals surface area contributed by atoms with Crippen LogP contribution >= 0.6 is 0 Å². The minimum Gasteiger partial charge on any atom is -0.450 e. The molecule has 0 bridgehead atoms. The van der Waals surface area contributed by atoms with Crippen LogP contribution in [0.4, 0.5) is 4.79 Å². The fraction of sp³-hybridized carbons (Fsp3) is 0.619. The molecule has 2 N–H and O–H groups in total. The monoisotopic (exact) mass is 376 g/mol. The van der Waals surface area contributed by atoms with Crippen LogP contribution in [-0.4, -0.2) is 56.2 Å². The van der Waals surface area contributed by atoms with Crippen molar-refractivity contribution in [1.29, 1.82) is 0 Å². The molecule has 0 saturated carbocycles. The Hall–Kier alpha value is -2.08. The van der Waals surface area contributed by atoms with Crippen molar-refractivity contribution in [3.05, 3.63) is 35.4 Å². The molecule has 1 unspecified atom stereocenters. The first-order chi connectivity index (χ1) is 12.9. The van der Waals surface area contributed by atoms with Gasteiger partial charge in [0.1, 0.15) is 6.54 Å². The quantitative estimate of drug-likeness (QED) is 0.759. The summed E-state index contributed by atoms with van der Waals surface area (Å²) in [4.78, 5) is 26.9. The number of nitrogens with one attached hydrogen (secondary N) is 2. The summed E-state index contributed by atoms with van der Waals surface area (Å²) in [6.45, 7) is 9.12. The van der Waals surface area contributed by atoms with Gasteiger partial charge in [0.05, 0.1) is 13.7 Å². The minimum atomic E-state index is -0.255. The maximum absolute atomic E-state index is 12.3. The van der Waals surface area contributed by atoms with E-state index < -0.39 is 0 Å². The summed E-state index contributed by atoms with van der Waals surface area (Å²) in [5.74, 6) is 0.603. The van der Waals surface area contributed by atoms with Crippen LogP contribution in [0.1, 0.15) is 50.7 Å². The predicted molar refractivity (Wildman–Crippen MR) is 106 cm³/mol. The highest BCUT2D eigenvalue weighted by Gasteiger charge is 2.25. The number of hydrogen-bond donors (Lipinski definition) is 2. The molecular weight excluding hydrogens is 342 g/mol. The van der Waals surface area contributed by atoms with Gasteiger partial charge in [-0.3, -0.25) is 4.79 Å². The maximum atomic E-state index is 12.3. The van der Waals surface area contributed by atoms with Gasteiger partial charge in [0.25, 0.3) is 5.91 Å². The van der Waals surface area contributed by atoms with Crippen molar-refractivity contribution in [2.45, 2.75) is 52.1 Å². The topological polar surface area (TPSA) is 63.1 Å². The average molecular weight is 377 g/mol. The number of ether oxygens (including phenoxy) is 1. The second-order valence-electron chi connectivity index (χ2n) is 7.73. The number of carbonyl (C=O) groups is 2. The molecule has 1 atom stereocenters. The lowest BCUT2D eigenvalue weighted by Gasteiger charge is -2.31. The molecule has 27 heavy (non-hydrogen) atoms. The summed E-state index contributed by atoms with van der Waals surface area (Å²) in [6, 6.07) is 8.79. The lowest BCUT2D eigenvalue weighted by molar-refractivity contribution is -0.885. The Morgan fingerprint density at radius 3 is 2.41 bits per heavy atom.